The number of fused-ring (bicyclic) bond motifs is 6. The van der Waals surface area contributed by atoms with Crippen molar-refractivity contribution in [2.75, 3.05) is 0 Å². The number of hydrogen-bond acceptors (Lipinski definition) is 0. The molecule has 0 saturated heterocycles. The molecule has 0 fully saturated rings. The molecule has 206 valence electrons. The summed E-state index contributed by atoms with van der Waals surface area (Å²) in [6.45, 7) is 0. The Labute approximate surface area is 255 Å². The lowest BCUT2D eigenvalue weighted by Gasteiger charge is -2.17. The van der Waals surface area contributed by atoms with Crippen LogP contribution >= 0.6 is 0 Å². The van der Waals surface area contributed by atoms with E-state index in [0.29, 0.717) is 0 Å². The monoisotopic (exact) mass is 560 g/mol. The molecule has 2 aromatic heterocycles. The van der Waals surface area contributed by atoms with E-state index in [1.165, 1.54) is 71.6 Å². The van der Waals surface area contributed by atoms with Gasteiger partial charge in [0.2, 0.25) is 0 Å². The van der Waals surface area contributed by atoms with Crippen molar-refractivity contribution in [1.82, 2.24) is 9.13 Å². The highest BCUT2D eigenvalue weighted by molar-refractivity contribution is 6.12. The average molecular weight is 561 g/mol. The van der Waals surface area contributed by atoms with E-state index < -0.39 is 0 Å². The van der Waals surface area contributed by atoms with Gasteiger partial charge in [0.05, 0.1) is 27.8 Å². The first-order valence-corrected chi connectivity index (χ1v) is 15.1. The molecule has 0 atom stereocenters. The van der Waals surface area contributed by atoms with Crippen LogP contribution in [0.3, 0.4) is 0 Å². The molecule has 9 rings (SSSR count). The van der Waals surface area contributed by atoms with Gasteiger partial charge in [0.1, 0.15) is 0 Å². The van der Waals surface area contributed by atoms with E-state index in [1.54, 1.807) is 0 Å². The number of para-hydroxylation sites is 3. The predicted molar refractivity (Wildman–Crippen MR) is 186 cm³/mol. The van der Waals surface area contributed by atoms with Crippen molar-refractivity contribution in [1.29, 1.82) is 0 Å². The third kappa shape index (κ3) is 3.75. The highest BCUT2D eigenvalue weighted by Gasteiger charge is 2.18. The molecule has 2 heterocycles. The molecule has 0 aliphatic rings. The van der Waals surface area contributed by atoms with Crippen molar-refractivity contribution in [2.45, 2.75) is 0 Å². The molecule has 7 aromatic carbocycles. The van der Waals surface area contributed by atoms with Crippen LogP contribution in [0.15, 0.2) is 170 Å². The van der Waals surface area contributed by atoms with Gasteiger partial charge < -0.3 is 9.13 Å². The maximum atomic E-state index is 2.46. The summed E-state index contributed by atoms with van der Waals surface area (Å²) in [7, 11) is 0. The minimum absolute atomic E-state index is 1.15. The fourth-order valence-corrected chi connectivity index (χ4v) is 6.95. The summed E-state index contributed by atoms with van der Waals surface area (Å²) in [5.74, 6) is 0. The highest BCUT2D eigenvalue weighted by Crippen LogP contribution is 2.40. The summed E-state index contributed by atoms with van der Waals surface area (Å²) >= 11 is 0. The first-order chi connectivity index (χ1) is 21.8. The van der Waals surface area contributed by atoms with Crippen LogP contribution in [0.25, 0.3) is 77.2 Å². The Bertz CT molecular complexity index is 2430. The molecule has 2 heteroatoms. The molecule has 0 amide bonds. The molecule has 0 spiro atoms. The zero-order valence-electron chi connectivity index (χ0n) is 24.1. The second-order valence-electron chi connectivity index (χ2n) is 11.4. The Balaban J connectivity index is 1.36. The normalized spacial score (nSPS) is 11.6. The molecular formula is C42H28N2. The number of aromatic nitrogens is 2. The van der Waals surface area contributed by atoms with E-state index in [9.17, 15) is 0 Å². The molecule has 0 bridgehead atoms. The van der Waals surface area contributed by atoms with Crippen LogP contribution in [0.5, 0.6) is 0 Å². The fraction of sp³-hybridized carbons (Fsp3) is 0. The standard InChI is InChI=1S/C42H28N2/c1-3-13-29(14-4-1)31-23-26-41(37(27-31)30-15-5-2-6-16-30)44-40-22-12-9-19-35(40)36-25-24-32(28-42(36)44)43-38-20-10-7-17-33(38)34-18-8-11-21-39(34)43/h1-28H. The van der Waals surface area contributed by atoms with Gasteiger partial charge in [0, 0.05) is 32.8 Å². The highest BCUT2D eigenvalue weighted by atomic mass is 15.0. The Kier molecular flexibility index (Phi) is 5.54. The van der Waals surface area contributed by atoms with Crippen LogP contribution in [0, 0.1) is 0 Å². The van der Waals surface area contributed by atoms with Crippen molar-refractivity contribution in [3.63, 3.8) is 0 Å². The van der Waals surface area contributed by atoms with Crippen molar-refractivity contribution in [3.05, 3.63) is 170 Å². The summed E-state index contributed by atoms with van der Waals surface area (Å²) in [6.07, 6.45) is 0. The fourth-order valence-electron chi connectivity index (χ4n) is 6.95. The van der Waals surface area contributed by atoms with E-state index in [-0.39, 0.29) is 0 Å². The number of rotatable bonds is 4. The molecule has 0 unspecified atom stereocenters. The first-order valence-electron chi connectivity index (χ1n) is 15.1. The molecule has 44 heavy (non-hydrogen) atoms. The van der Waals surface area contributed by atoms with Gasteiger partial charge in [-0.3, -0.25) is 0 Å². The van der Waals surface area contributed by atoms with Crippen LogP contribution in [0.2, 0.25) is 0 Å². The van der Waals surface area contributed by atoms with Gasteiger partial charge in [0.25, 0.3) is 0 Å². The lowest BCUT2D eigenvalue weighted by molar-refractivity contribution is 1.16. The molecule has 0 saturated carbocycles. The Morgan fingerprint density at radius 1 is 0.295 bits per heavy atom. The molecular weight excluding hydrogens is 532 g/mol. The van der Waals surface area contributed by atoms with Gasteiger partial charge in [-0.15, -0.1) is 0 Å². The quantitative estimate of drug-likeness (QED) is 0.203. The van der Waals surface area contributed by atoms with Crippen LogP contribution in [-0.4, -0.2) is 9.13 Å². The van der Waals surface area contributed by atoms with E-state index in [0.717, 1.165) is 5.69 Å². The largest absolute Gasteiger partial charge is 0.309 e. The SMILES string of the molecule is c1ccc(-c2ccc(-n3c4ccccc4c4ccc(-n5c6ccccc6c6ccccc65)cc43)c(-c3ccccc3)c2)cc1. The molecule has 9 aromatic rings. The minimum Gasteiger partial charge on any atom is -0.309 e. The van der Waals surface area contributed by atoms with Crippen molar-refractivity contribution < 1.29 is 0 Å². The van der Waals surface area contributed by atoms with Crippen molar-refractivity contribution in [2.24, 2.45) is 0 Å². The third-order valence-corrected chi connectivity index (χ3v) is 8.92. The summed E-state index contributed by atoms with van der Waals surface area (Å²) in [6, 6.07) is 61.5. The second kappa shape index (κ2) is 9.86. The summed E-state index contributed by atoms with van der Waals surface area (Å²) < 4.78 is 4.86. The third-order valence-electron chi connectivity index (χ3n) is 8.92. The zero-order chi connectivity index (χ0) is 29.0. The van der Waals surface area contributed by atoms with Gasteiger partial charge in [-0.2, -0.15) is 0 Å². The minimum atomic E-state index is 1.15. The lowest BCUT2D eigenvalue weighted by atomic mass is 9.97. The molecule has 0 aliphatic heterocycles. The van der Waals surface area contributed by atoms with E-state index in [2.05, 4.69) is 179 Å². The molecule has 0 aliphatic carbocycles. The van der Waals surface area contributed by atoms with Crippen LogP contribution < -0.4 is 0 Å². The Morgan fingerprint density at radius 3 is 1.41 bits per heavy atom. The first kappa shape index (κ1) is 24.7. The van der Waals surface area contributed by atoms with E-state index >= 15 is 0 Å². The number of hydrogen-bond donors (Lipinski definition) is 0. The van der Waals surface area contributed by atoms with Gasteiger partial charge in [-0.25, -0.2) is 0 Å². The summed E-state index contributed by atoms with van der Waals surface area (Å²) in [5.41, 5.74) is 12.0. The molecule has 0 radical (unpaired) electrons. The van der Waals surface area contributed by atoms with Gasteiger partial charge in [-0.1, -0.05) is 127 Å². The Morgan fingerprint density at radius 2 is 0.795 bits per heavy atom. The molecule has 2 nitrogen and oxygen atoms in total. The van der Waals surface area contributed by atoms with E-state index in [1.807, 2.05) is 0 Å². The topological polar surface area (TPSA) is 9.86 Å². The van der Waals surface area contributed by atoms with Gasteiger partial charge in [0.15, 0.2) is 0 Å². The van der Waals surface area contributed by atoms with Crippen molar-refractivity contribution >= 4 is 43.6 Å². The van der Waals surface area contributed by atoms with E-state index in [4.69, 9.17) is 0 Å². The lowest BCUT2D eigenvalue weighted by Crippen LogP contribution is -1.99. The number of benzene rings is 7. The Hall–Kier alpha value is -5.86. The molecule has 0 N–H and O–H groups in total. The van der Waals surface area contributed by atoms with Crippen LogP contribution in [-0.2, 0) is 0 Å². The van der Waals surface area contributed by atoms with Gasteiger partial charge in [-0.05, 0) is 59.2 Å². The zero-order valence-corrected chi connectivity index (χ0v) is 24.1. The average Bonchev–Trinajstić information content (AvgIpc) is 3.61. The van der Waals surface area contributed by atoms with Crippen LogP contribution in [0.4, 0.5) is 0 Å². The number of nitrogens with zero attached hydrogens (tertiary/aromatic N) is 2. The van der Waals surface area contributed by atoms with Gasteiger partial charge >= 0.3 is 0 Å². The maximum Gasteiger partial charge on any atom is 0.0562 e. The second-order valence-corrected chi connectivity index (χ2v) is 11.4. The van der Waals surface area contributed by atoms with Crippen molar-refractivity contribution in [3.8, 4) is 33.6 Å². The smallest absolute Gasteiger partial charge is 0.0562 e. The summed E-state index contributed by atoms with van der Waals surface area (Å²) in [4.78, 5) is 0. The van der Waals surface area contributed by atoms with Crippen LogP contribution in [0.1, 0.15) is 0 Å². The predicted octanol–water partition coefficient (Wildman–Crippen LogP) is 11.2. The summed E-state index contributed by atoms with van der Waals surface area (Å²) in [5, 5.41) is 5.04. The maximum absolute atomic E-state index is 2.46.